The molecule has 1 aromatic carbocycles. The number of carboxylic acids is 1. The molecule has 122 valence electrons. The molecule has 1 amide bonds. The summed E-state index contributed by atoms with van der Waals surface area (Å²) in [4.78, 5) is 33.9. The zero-order valence-electron chi connectivity index (χ0n) is 12.4. The van der Waals surface area contributed by atoms with Gasteiger partial charge in [-0.2, -0.15) is 0 Å². The molecule has 0 saturated heterocycles. The van der Waals surface area contributed by atoms with Crippen LogP contribution in [0.2, 0.25) is 0 Å². The first-order valence-electron chi connectivity index (χ1n) is 6.95. The third kappa shape index (κ3) is 3.65. The summed E-state index contributed by atoms with van der Waals surface area (Å²) < 4.78 is 5.07. The number of nitro groups is 1. The molecule has 0 radical (unpaired) electrons. The summed E-state index contributed by atoms with van der Waals surface area (Å²) in [6, 6.07) is 3.83. The molecule has 0 aliphatic heterocycles. The third-order valence-corrected chi connectivity index (χ3v) is 3.74. The Morgan fingerprint density at radius 1 is 1.30 bits per heavy atom. The minimum Gasteiger partial charge on any atom is -0.495 e. The summed E-state index contributed by atoms with van der Waals surface area (Å²) in [5, 5.41) is 22.6. The molecule has 0 bridgehead atoms. The predicted octanol–water partition coefficient (Wildman–Crippen LogP) is 2.21. The van der Waals surface area contributed by atoms with E-state index in [0.717, 1.165) is 0 Å². The summed E-state index contributed by atoms with van der Waals surface area (Å²) >= 11 is 0. The third-order valence-electron chi connectivity index (χ3n) is 3.74. The van der Waals surface area contributed by atoms with Gasteiger partial charge in [0.25, 0.3) is 5.69 Å². The van der Waals surface area contributed by atoms with Gasteiger partial charge in [-0.1, -0.05) is 12.2 Å². The number of carbonyl (C=O) groups excluding carboxylic acids is 1. The second-order valence-electron chi connectivity index (χ2n) is 5.12. The van der Waals surface area contributed by atoms with E-state index >= 15 is 0 Å². The minimum absolute atomic E-state index is 0.144. The molecule has 1 aliphatic carbocycles. The van der Waals surface area contributed by atoms with Crippen molar-refractivity contribution in [3.63, 3.8) is 0 Å². The topological polar surface area (TPSA) is 119 Å². The van der Waals surface area contributed by atoms with Gasteiger partial charge in [0.05, 0.1) is 29.6 Å². The number of nitrogens with one attached hydrogen (secondary N) is 1. The Hall–Kier alpha value is -2.90. The largest absolute Gasteiger partial charge is 0.495 e. The number of carbonyl (C=O) groups is 2. The van der Waals surface area contributed by atoms with Crippen molar-refractivity contribution in [1.29, 1.82) is 0 Å². The number of nitrogens with zero attached hydrogens (tertiary/aromatic N) is 1. The van der Waals surface area contributed by atoms with Crippen LogP contribution in [0.3, 0.4) is 0 Å². The second-order valence-corrected chi connectivity index (χ2v) is 5.12. The number of non-ortho nitro benzene ring substituents is 1. The van der Waals surface area contributed by atoms with Crippen LogP contribution in [0.5, 0.6) is 5.75 Å². The van der Waals surface area contributed by atoms with Gasteiger partial charge < -0.3 is 15.2 Å². The number of rotatable bonds is 5. The van der Waals surface area contributed by atoms with Crippen LogP contribution in [0.15, 0.2) is 30.4 Å². The average Bonchev–Trinajstić information content (AvgIpc) is 2.54. The van der Waals surface area contributed by atoms with Gasteiger partial charge in [0.1, 0.15) is 5.75 Å². The van der Waals surface area contributed by atoms with Crippen LogP contribution in [0, 0.1) is 22.0 Å². The van der Waals surface area contributed by atoms with Gasteiger partial charge in [0.2, 0.25) is 5.91 Å². The maximum atomic E-state index is 12.4. The Bertz CT molecular complexity index is 670. The van der Waals surface area contributed by atoms with E-state index in [2.05, 4.69) is 5.32 Å². The first-order valence-corrected chi connectivity index (χ1v) is 6.95. The van der Waals surface area contributed by atoms with E-state index < -0.39 is 28.6 Å². The normalized spacial score (nSPS) is 19.9. The fourth-order valence-electron chi connectivity index (χ4n) is 2.51. The van der Waals surface area contributed by atoms with Crippen LogP contribution in [-0.2, 0) is 9.59 Å². The number of methoxy groups -OCH3 is 1. The van der Waals surface area contributed by atoms with E-state index in [9.17, 15) is 24.8 Å². The van der Waals surface area contributed by atoms with Crippen molar-refractivity contribution in [1.82, 2.24) is 0 Å². The molecular weight excluding hydrogens is 304 g/mol. The van der Waals surface area contributed by atoms with E-state index in [1.165, 1.54) is 25.3 Å². The molecule has 8 heteroatoms. The molecule has 1 aromatic rings. The standard InChI is InChI=1S/C15H16N2O6/c1-23-13-7-6-9(17(21)22)8-12(13)16-14(18)10-4-2-3-5-11(10)15(19)20/h2-3,6-8,10-11H,4-5H2,1H3,(H,16,18)(H,19,20). The smallest absolute Gasteiger partial charge is 0.307 e. The number of nitro benzene ring substituents is 1. The second kappa shape index (κ2) is 6.91. The summed E-state index contributed by atoms with van der Waals surface area (Å²) in [5.74, 6) is -2.82. The molecule has 2 unspecified atom stereocenters. The molecular formula is C15H16N2O6. The van der Waals surface area contributed by atoms with Gasteiger partial charge in [-0.05, 0) is 18.9 Å². The SMILES string of the molecule is COc1ccc([N+](=O)[O-])cc1NC(=O)C1CC=CCC1C(=O)O. The Kier molecular flexibility index (Phi) is 4.95. The molecule has 8 nitrogen and oxygen atoms in total. The van der Waals surface area contributed by atoms with Gasteiger partial charge >= 0.3 is 5.97 Å². The summed E-state index contributed by atoms with van der Waals surface area (Å²) in [5.41, 5.74) is -0.0511. The van der Waals surface area contributed by atoms with E-state index in [4.69, 9.17) is 4.74 Å². The molecule has 0 heterocycles. The van der Waals surface area contributed by atoms with Crippen molar-refractivity contribution >= 4 is 23.3 Å². The van der Waals surface area contributed by atoms with Gasteiger partial charge in [-0.25, -0.2) is 0 Å². The summed E-state index contributed by atoms with van der Waals surface area (Å²) in [7, 11) is 1.38. The lowest BCUT2D eigenvalue weighted by Gasteiger charge is -2.24. The highest BCUT2D eigenvalue weighted by molar-refractivity contribution is 5.96. The zero-order valence-corrected chi connectivity index (χ0v) is 12.4. The maximum Gasteiger partial charge on any atom is 0.307 e. The number of hydrogen-bond donors (Lipinski definition) is 2. The van der Waals surface area contributed by atoms with Crippen LogP contribution in [0.25, 0.3) is 0 Å². The van der Waals surface area contributed by atoms with Gasteiger partial charge in [-0.3, -0.25) is 19.7 Å². The maximum absolute atomic E-state index is 12.4. The fourth-order valence-corrected chi connectivity index (χ4v) is 2.51. The van der Waals surface area contributed by atoms with Crippen LogP contribution in [-0.4, -0.2) is 29.0 Å². The lowest BCUT2D eigenvalue weighted by Crippen LogP contribution is -2.34. The Morgan fingerprint density at radius 3 is 2.52 bits per heavy atom. The highest BCUT2D eigenvalue weighted by atomic mass is 16.6. The van der Waals surface area contributed by atoms with Crippen molar-refractivity contribution in [2.24, 2.45) is 11.8 Å². The van der Waals surface area contributed by atoms with Crippen LogP contribution >= 0.6 is 0 Å². The quantitative estimate of drug-likeness (QED) is 0.488. The summed E-state index contributed by atoms with van der Waals surface area (Å²) in [6.07, 6.45) is 4.07. The summed E-state index contributed by atoms with van der Waals surface area (Å²) in [6.45, 7) is 0. The monoisotopic (exact) mass is 320 g/mol. The Balaban J connectivity index is 2.25. The number of anilines is 1. The predicted molar refractivity (Wildman–Crippen MR) is 81.3 cm³/mol. The van der Waals surface area contributed by atoms with Gasteiger partial charge in [-0.15, -0.1) is 0 Å². The molecule has 0 fully saturated rings. The number of hydrogen-bond acceptors (Lipinski definition) is 5. The number of amides is 1. The molecule has 0 aromatic heterocycles. The van der Waals surface area contributed by atoms with Crippen LogP contribution in [0.4, 0.5) is 11.4 Å². The number of aliphatic carboxylic acids is 1. The minimum atomic E-state index is -1.04. The lowest BCUT2D eigenvalue weighted by atomic mass is 9.82. The van der Waals surface area contributed by atoms with Gasteiger partial charge in [0.15, 0.2) is 0 Å². The number of carboxylic acid groups (broad SMARTS) is 1. The molecule has 2 N–H and O–H groups in total. The Labute approximate surface area is 131 Å². The van der Waals surface area contributed by atoms with Crippen LogP contribution < -0.4 is 10.1 Å². The number of ether oxygens (including phenoxy) is 1. The van der Waals surface area contributed by atoms with E-state index in [1.807, 2.05) is 0 Å². The molecule has 0 spiro atoms. The first-order chi connectivity index (χ1) is 10.9. The van der Waals surface area contributed by atoms with Crippen molar-refractivity contribution in [2.75, 3.05) is 12.4 Å². The lowest BCUT2D eigenvalue weighted by molar-refractivity contribution is -0.384. The molecule has 2 atom stereocenters. The highest BCUT2D eigenvalue weighted by Gasteiger charge is 2.34. The highest BCUT2D eigenvalue weighted by Crippen LogP contribution is 2.32. The first kappa shape index (κ1) is 16.5. The number of allylic oxidation sites excluding steroid dienone is 2. The zero-order chi connectivity index (χ0) is 17.0. The van der Waals surface area contributed by atoms with Crippen LogP contribution in [0.1, 0.15) is 12.8 Å². The van der Waals surface area contributed by atoms with Crippen molar-refractivity contribution in [2.45, 2.75) is 12.8 Å². The van der Waals surface area contributed by atoms with E-state index in [0.29, 0.717) is 6.42 Å². The van der Waals surface area contributed by atoms with E-state index in [1.54, 1.807) is 12.2 Å². The van der Waals surface area contributed by atoms with Crippen molar-refractivity contribution in [3.05, 3.63) is 40.5 Å². The molecule has 1 aliphatic rings. The fraction of sp³-hybridized carbons (Fsp3) is 0.333. The average molecular weight is 320 g/mol. The van der Waals surface area contributed by atoms with Gasteiger partial charge in [0, 0.05) is 12.1 Å². The van der Waals surface area contributed by atoms with Crippen molar-refractivity contribution in [3.8, 4) is 5.75 Å². The Morgan fingerprint density at radius 2 is 1.96 bits per heavy atom. The molecule has 2 rings (SSSR count). The van der Waals surface area contributed by atoms with E-state index in [-0.39, 0.29) is 23.5 Å². The molecule has 0 saturated carbocycles. The van der Waals surface area contributed by atoms with Crippen molar-refractivity contribution < 1.29 is 24.4 Å². The molecule has 23 heavy (non-hydrogen) atoms. The number of benzene rings is 1.